The summed E-state index contributed by atoms with van der Waals surface area (Å²) in [6, 6.07) is 11.6. The molecule has 0 aliphatic rings. The highest BCUT2D eigenvalue weighted by Crippen LogP contribution is 2.17. The van der Waals surface area contributed by atoms with Crippen molar-refractivity contribution in [2.24, 2.45) is 0 Å². The largest absolute Gasteiger partial charge is 0.268 e. The van der Waals surface area contributed by atoms with Gasteiger partial charge in [0.2, 0.25) is 0 Å². The molecule has 0 spiro atoms. The second-order valence-corrected chi connectivity index (χ2v) is 5.25. The monoisotopic (exact) mass is 230 g/mol. The van der Waals surface area contributed by atoms with Crippen LogP contribution in [0.3, 0.4) is 0 Å². The van der Waals surface area contributed by atoms with Gasteiger partial charge in [-0.15, -0.1) is 0 Å². The number of benzene rings is 1. The molecule has 0 aliphatic heterocycles. The molecule has 0 bridgehead atoms. The van der Waals surface area contributed by atoms with Crippen LogP contribution in [-0.4, -0.2) is 9.36 Å². The Morgan fingerprint density at radius 2 is 1.65 bits per heavy atom. The Balaban J connectivity index is 2.75. The quantitative estimate of drug-likeness (QED) is 0.740. The first kappa shape index (κ1) is 11.7. The van der Waals surface area contributed by atoms with Crippen molar-refractivity contribution in [1.82, 2.24) is 9.36 Å². The number of rotatable bonds is 1. The lowest BCUT2D eigenvalue weighted by atomic mass is 10.1. The lowest BCUT2D eigenvalue weighted by molar-refractivity contribution is 0.317. The van der Waals surface area contributed by atoms with E-state index in [0.29, 0.717) is 0 Å². The summed E-state index contributed by atoms with van der Waals surface area (Å²) in [6.45, 7) is 8.06. The SMILES string of the molecule is Cc1cc(=O)n(C(C)(C)C)n1-c1ccccc1. The van der Waals surface area contributed by atoms with Gasteiger partial charge < -0.3 is 0 Å². The van der Waals surface area contributed by atoms with E-state index < -0.39 is 0 Å². The maximum atomic E-state index is 12.0. The van der Waals surface area contributed by atoms with Gasteiger partial charge in [-0.05, 0) is 39.8 Å². The molecule has 1 aromatic carbocycles. The molecular weight excluding hydrogens is 212 g/mol. The summed E-state index contributed by atoms with van der Waals surface area (Å²) in [7, 11) is 0. The van der Waals surface area contributed by atoms with Gasteiger partial charge in [-0.2, -0.15) is 0 Å². The average Bonchev–Trinajstić information content (AvgIpc) is 2.54. The van der Waals surface area contributed by atoms with Crippen molar-refractivity contribution in [2.45, 2.75) is 33.2 Å². The minimum Gasteiger partial charge on any atom is -0.268 e. The maximum Gasteiger partial charge on any atom is 0.267 e. The Bertz CT molecular complexity index is 571. The van der Waals surface area contributed by atoms with E-state index in [1.165, 1.54) is 0 Å². The molecule has 0 radical (unpaired) electrons. The smallest absolute Gasteiger partial charge is 0.267 e. The van der Waals surface area contributed by atoms with Gasteiger partial charge in [-0.1, -0.05) is 18.2 Å². The zero-order valence-corrected chi connectivity index (χ0v) is 10.8. The molecule has 3 heteroatoms. The summed E-state index contributed by atoms with van der Waals surface area (Å²) in [6.07, 6.45) is 0. The van der Waals surface area contributed by atoms with Gasteiger partial charge in [-0.25, -0.2) is 4.68 Å². The number of hydrogen-bond acceptors (Lipinski definition) is 1. The Hall–Kier alpha value is -1.77. The van der Waals surface area contributed by atoms with Crippen LogP contribution in [0.2, 0.25) is 0 Å². The number of para-hydroxylation sites is 1. The Labute approximate surface area is 101 Å². The molecule has 1 heterocycles. The molecule has 0 atom stereocenters. The topological polar surface area (TPSA) is 26.9 Å². The third kappa shape index (κ3) is 2.05. The van der Waals surface area contributed by atoms with Crippen molar-refractivity contribution in [3.8, 4) is 5.69 Å². The highest BCUT2D eigenvalue weighted by molar-refractivity contribution is 5.32. The van der Waals surface area contributed by atoms with E-state index in [4.69, 9.17) is 0 Å². The summed E-state index contributed by atoms with van der Waals surface area (Å²) in [5.41, 5.74) is 1.78. The van der Waals surface area contributed by atoms with Gasteiger partial charge in [0.15, 0.2) is 0 Å². The van der Waals surface area contributed by atoms with Crippen molar-refractivity contribution in [1.29, 1.82) is 0 Å². The van der Waals surface area contributed by atoms with Crippen LogP contribution in [0.15, 0.2) is 41.2 Å². The van der Waals surface area contributed by atoms with Crippen molar-refractivity contribution in [3.63, 3.8) is 0 Å². The van der Waals surface area contributed by atoms with Gasteiger partial charge in [0.1, 0.15) is 0 Å². The first-order chi connectivity index (χ1) is 7.91. The minimum absolute atomic E-state index is 0.0406. The van der Waals surface area contributed by atoms with Crippen LogP contribution in [0, 0.1) is 6.92 Å². The fourth-order valence-corrected chi connectivity index (χ4v) is 2.08. The van der Waals surface area contributed by atoms with Crippen molar-refractivity contribution < 1.29 is 0 Å². The second kappa shape index (κ2) is 3.91. The van der Waals surface area contributed by atoms with E-state index in [1.807, 2.05) is 62.7 Å². The molecule has 0 saturated heterocycles. The Kier molecular flexibility index (Phi) is 2.69. The number of hydrogen-bond donors (Lipinski definition) is 0. The molecule has 0 N–H and O–H groups in total. The molecule has 17 heavy (non-hydrogen) atoms. The molecule has 2 rings (SSSR count). The summed E-state index contributed by atoms with van der Waals surface area (Å²) >= 11 is 0. The fraction of sp³-hybridized carbons (Fsp3) is 0.357. The van der Waals surface area contributed by atoms with Crippen LogP contribution in [0.4, 0.5) is 0 Å². The van der Waals surface area contributed by atoms with E-state index >= 15 is 0 Å². The van der Waals surface area contributed by atoms with Crippen molar-refractivity contribution in [3.05, 3.63) is 52.4 Å². The van der Waals surface area contributed by atoms with Gasteiger partial charge in [0, 0.05) is 11.8 Å². The summed E-state index contributed by atoms with van der Waals surface area (Å²) < 4.78 is 3.76. The van der Waals surface area contributed by atoms with E-state index in [1.54, 1.807) is 10.7 Å². The first-order valence-corrected chi connectivity index (χ1v) is 5.79. The van der Waals surface area contributed by atoms with Crippen molar-refractivity contribution >= 4 is 0 Å². The maximum absolute atomic E-state index is 12.0. The van der Waals surface area contributed by atoms with Crippen LogP contribution < -0.4 is 5.56 Å². The lowest BCUT2D eigenvalue weighted by Crippen LogP contribution is -2.36. The lowest BCUT2D eigenvalue weighted by Gasteiger charge is -2.25. The number of aromatic nitrogens is 2. The number of nitrogens with zero attached hydrogens (tertiary/aromatic N) is 2. The molecule has 1 aromatic heterocycles. The van der Waals surface area contributed by atoms with Gasteiger partial charge in [0.25, 0.3) is 5.56 Å². The predicted octanol–water partition coefficient (Wildman–Crippen LogP) is 2.70. The van der Waals surface area contributed by atoms with E-state index in [0.717, 1.165) is 11.4 Å². The zero-order valence-electron chi connectivity index (χ0n) is 10.8. The zero-order chi connectivity index (χ0) is 12.6. The Morgan fingerprint density at radius 1 is 1.06 bits per heavy atom. The second-order valence-electron chi connectivity index (χ2n) is 5.25. The molecular formula is C14H18N2O. The van der Waals surface area contributed by atoms with Crippen LogP contribution in [-0.2, 0) is 5.54 Å². The van der Waals surface area contributed by atoms with Crippen LogP contribution in [0.25, 0.3) is 5.69 Å². The summed E-state index contributed by atoms with van der Waals surface area (Å²) in [5, 5.41) is 0. The van der Waals surface area contributed by atoms with Crippen LogP contribution >= 0.6 is 0 Å². The summed E-state index contributed by atoms with van der Waals surface area (Å²) in [4.78, 5) is 12.0. The van der Waals surface area contributed by atoms with E-state index in [9.17, 15) is 4.79 Å². The van der Waals surface area contributed by atoms with Crippen LogP contribution in [0.5, 0.6) is 0 Å². The highest BCUT2D eigenvalue weighted by atomic mass is 16.1. The normalized spacial score (nSPS) is 11.8. The summed E-state index contributed by atoms with van der Waals surface area (Å²) in [5.74, 6) is 0. The minimum atomic E-state index is -0.235. The van der Waals surface area contributed by atoms with Gasteiger partial charge in [0.05, 0.1) is 11.2 Å². The fourth-order valence-electron chi connectivity index (χ4n) is 2.08. The molecule has 0 fully saturated rings. The van der Waals surface area contributed by atoms with Crippen molar-refractivity contribution in [2.75, 3.05) is 0 Å². The first-order valence-electron chi connectivity index (χ1n) is 5.79. The van der Waals surface area contributed by atoms with E-state index in [-0.39, 0.29) is 11.1 Å². The van der Waals surface area contributed by atoms with Gasteiger partial charge >= 0.3 is 0 Å². The van der Waals surface area contributed by atoms with Crippen LogP contribution in [0.1, 0.15) is 26.5 Å². The third-order valence-corrected chi connectivity index (χ3v) is 2.71. The average molecular weight is 230 g/mol. The standard InChI is InChI=1S/C14H18N2O/c1-11-10-13(17)16(14(2,3)4)15(11)12-8-6-5-7-9-12/h5-10H,1-4H3. The Morgan fingerprint density at radius 3 is 2.18 bits per heavy atom. The van der Waals surface area contributed by atoms with Gasteiger partial charge in [-0.3, -0.25) is 9.48 Å². The predicted molar refractivity (Wildman–Crippen MR) is 69.8 cm³/mol. The molecule has 2 aromatic rings. The molecule has 0 unspecified atom stereocenters. The molecule has 90 valence electrons. The highest BCUT2D eigenvalue weighted by Gasteiger charge is 2.21. The molecule has 0 saturated carbocycles. The molecule has 0 amide bonds. The molecule has 0 aliphatic carbocycles. The third-order valence-electron chi connectivity index (χ3n) is 2.71. The van der Waals surface area contributed by atoms with E-state index in [2.05, 4.69) is 0 Å². The molecule has 3 nitrogen and oxygen atoms in total. The number of aryl methyl sites for hydroxylation is 1.